The summed E-state index contributed by atoms with van der Waals surface area (Å²) in [5.74, 6) is -0.860. The van der Waals surface area contributed by atoms with Gasteiger partial charge in [0.2, 0.25) is 5.91 Å². The van der Waals surface area contributed by atoms with E-state index in [1.165, 1.54) is 29.5 Å². The van der Waals surface area contributed by atoms with E-state index < -0.39 is 5.82 Å². The lowest BCUT2D eigenvalue weighted by Gasteiger charge is -2.13. The van der Waals surface area contributed by atoms with Crippen LogP contribution in [0.1, 0.15) is 11.1 Å². The van der Waals surface area contributed by atoms with Crippen LogP contribution < -0.4 is 10.9 Å². The molecule has 0 aliphatic heterocycles. The van der Waals surface area contributed by atoms with E-state index in [1.54, 1.807) is 10.6 Å². The summed E-state index contributed by atoms with van der Waals surface area (Å²) >= 11 is 8.27. The number of amides is 1. The number of thioether (sulfide) groups is 1. The van der Waals surface area contributed by atoms with Gasteiger partial charge in [-0.15, -0.1) is 11.3 Å². The number of aromatic nitrogens is 2. The summed E-state index contributed by atoms with van der Waals surface area (Å²) in [6.45, 7) is 3.93. The topological polar surface area (TPSA) is 64.0 Å². The highest BCUT2D eigenvalue weighted by atomic mass is 35.5. The minimum absolute atomic E-state index is 0.0158. The van der Waals surface area contributed by atoms with Crippen LogP contribution in [0.3, 0.4) is 0 Å². The molecule has 4 rings (SSSR count). The number of carbonyl (C=O) groups is 1. The number of nitrogens with one attached hydrogen (secondary N) is 1. The summed E-state index contributed by atoms with van der Waals surface area (Å²) in [4.78, 5) is 30.3. The smallest absolute Gasteiger partial charge is 0.276 e. The van der Waals surface area contributed by atoms with Crippen LogP contribution in [0.5, 0.6) is 0 Å². The third-order valence-electron chi connectivity index (χ3n) is 4.45. The molecule has 0 bridgehead atoms. The summed E-state index contributed by atoms with van der Waals surface area (Å²) in [5, 5.41) is 4.86. The molecule has 31 heavy (non-hydrogen) atoms. The summed E-state index contributed by atoms with van der Waals surface area (Å²) in [5.41, 5.74) is 3.58. The van der Waals surface area contributed by atoms with E-state index in [4.69, 9.17) is 11.6 Å². The predicted molar refractivity (Wildman–Crippen MR) is 125 cm³/mol. The van der Waals surface area contributed by atoms with E-state index >= 15 is 0 Å². The minimum Gasteiger partial charge on any atom is -0.325 e. The van der Waals surface area contributed by atoms with Gasteiger partial charge in [-0.3, -0.25) is 14.2 Å². The standard InChI is InChI=1S/C22H17ClFN3O2S2/c1-12-7-13(2)9-15(8-12)27-21(29)20-18(5-6-30-20)26-22(27)31-11-19(28)25-14-3-4-17(24)16(23)10-14/h3-10H,11H2,1-2H3,(H,25,28). The Labute approximate surface area is 190 Å². The van der Waals surface area contributed by atoms with Crippen molar-refractivity contribution in [2.24, 2.45) is 0 Å². The van der Waals surface area contributed by atoms with Crippen molar-refractivity contribution < 1.29 is 9.18 Å². The van der Waals surface area contributed by atoms with E-state index in [0.717, 1.165) is 22.9 Å². The second kappa shape index (κ2) is 8.82. The first-order valence-electron chi connectivity index (χ1n) is 9.28. The fourth-order valence-corrected chi connectivity index (χ4v) is 4.95. The summed E-state index contributed by atoms with van der Waals surface area (Å²) in [6, 6.07) is 11.6. The number of hydrogen-bond acceptors (Lipinski definition) is 5. The Morgan fingerprint density at radius 1 is 1.19 bits per heavy atom. The van der Waals surface area contributed by atoms with Crippen LogP contribution in [0.25, 0.3) is 15.9 Å². The molecule has 1 amide bonds. The zero-order valence-corrected chi connectivity index (χ0v) is 19.0. The maximum Gasteiger partial charge on any atom is 0.276 e. The maximum atomic E-state index is 13.3. The van der Waals surface area contributed by atoms with Gasteiger partial charge in [-0.25, -0.2) is 9.37 Å². The zero-order valence-electron chi connectivity index (χ0n) is 16.6. The molecule has 2 heterocycles. The number of anilines is 1. The molecule has 4 aromatic rings. The molecule has 0 saturated carbocycles. The van der Waals surface area contributed by atoms with Crippen molar-refractivity contribution in [2.75, 3.05) is 11.1 Å². The van der Waals surface area contributed by atoms with Crippen LogP contribution in [-0.4, -0.2) is 21.2 Å². The van der Waals surface area contributed by atoms with Crippen LogP contribution in [0.4, 0.5) is 10.1 Å². The van der Waals surface area contributed by atoms with Crippen molar-refractivity contribution in [1.82, 2.24) is 9.55 Å². The highest BCUT2D eigenvalue weighted by Crippen LogP contribution is 2.25. The third kappa shape index (κ3) is 4.66. The van der Waals surface area contributed by atoms with Crippen molar-refractivity contribution in [3.05, 3.63) is 80.2 Å². The van der Waals surface area contributed by atoms with Gasteiger partial charge in [0.15, 0.2) is 5.16 Å². The second-order valence-electron chi connectivity index (χ2n) is 6.98. The molecule has 2 aromatic heterocycles. The van der Waals surface area contributed by atoms with Crippen molar-refractivity contribution >= 4 is 56.5 Å². The molecule has 0 aliphatic rings. The molecule has 0 aliphatic carbocycles. The monoisotopic (exact) mass is 473 g/mol. The molecule has 5 nitrogen and oxygen atoms in total. The maximum absolute atomic E-state index is 13.3. The minimum atomic E-state index is -0.556. The lowest BCUT2D eigenvalue weighted by atomic mass is 10.1. The lowest BCUT2D eigenvalue weighted by molar-refractivity contribution is -0.113. The van der Waals surface area contributed by atoms with Crippen molar-refractivity contribution in [2.45, 2.75) is 19.0 Å². The largest absolute Gasteiger partial charge is 0.325 e. The van der Waals surface area contributed by atoms with Gasteiger partial charge in [0.05, 0.1) is 22.0 Å². The predicted octanol–water partition coefficient (Wildman–Crippen LogP) is 5.59. The number of fused-ring (bicyclic) bond motifs is 1. The Bertz CT molecular complexity index is 1350. The molecule has 0 spiro atoms. The Morgan fingerprint density at radius 2 is 1.94 bits per heavy atom. The molecule has 9 heteroatoms. The Balaban J connectivity index is 1.65. The van der Waals surface area contributed by atoms with Crippen molar-refractivity contribution in [3.63, 3.8) is 0 Å². The first-order valence-corrected chi connectivity index (χ1v) is 11.5. The molecule has 0 fully saturated rings. The van der Waals surface area contributed by atoms with E-state index in [9.17, 15) is 14.0 Å². The number of nitrogens with zero attached hydrogens (tertiary/aromatic N) is 2. The SMILES string of the molecule is Cc1cc(C)cc(-n2c(SCC(=O)Nc3ccc(F)c(Cl)c3)nc3ccsc3c2=O)c1. The number of thiophene rings is 1. The van der Waals surface area contributed by atoms with E-state index in [2.05, 4.69) is 10.3 Å². The summed E-state index contributed by atoms with van der Waals surface area (Å²) < 4.78 is 15.4. The number of aryl methyl sites for hydroxylation is 2. The van der Waals surface area contributed by atoms with Gasteiger partial charge < -0.3 is 5.32 Å². The van der Waals surface area contributed by atoms with E-state index in [1.807, 2.05) is 37.4 Å². The van der Waals surface area contributed by atoms with Gasteiger partial charge in [0, 0.05) is 5.69 Å². The normalized spacial score (nSPS) is 11.1. The quantitative estimate of drug-likeness (QED) is 0.303. The van der Waals surface area contributed by atoms with Crippen LogP contribution in [0, 0.1) is 19.7 Å². The van der Waals surface area contributed by atoms with Gasteiger partial charge in [-0.2, -0.15) is 0 Å². The number of rotatable bonds is 5. The highest BCUT2D eigenvalue weighted by Gasteiger charge is 2.16. The summed E-state index contributed by atoms with van der Waals surface area (Å²) in [7, 11) is 0. The van der Waals surface area contributed by atoms with E-state index in [-0.39, 0.29) is 22.2 Å². The van der Waals surface area contributed by atoms with E-state index in [0.29, 0.717) is 26.7 Å². The molecular weight excluding hydrogens is 457 g/mol. The van der Waals surface area contributed by atoms with Gasteiger partial charge in [0.25, 0.3) is 5.56 Å². The van der Waals surface area contributed by atoms with Gasteiger partial charge in [0.1, 0.15) is 10.5 Å². The lowest BCUT2D eigenvalue weighted by Crippen LogP contribution is -2.22. The van der Waals surface area contributed by atoms with Crippen LogP contribution in [0.15, 0.2) is 57.8 Å². The number of halogens is 2. The molecular formula is C22H17ClFN3O2S2. The molecule has 0 atom stereocenters. The average Bonchev–Trinajstić information content (AvgIpc) is 3.17. The van der Waals surface area contributed by atoms with Gasteiger partial charge in [-0.05, 0) is 66.8 Å². The van der Waals surface area contributed by atoms with Gasteiger partial charge in [-0.1, -0.05) is 29.4 Å². The highest BCUT2D eigenvalue weighted by molar-refractivity contribution is 7.99. The van der Waals surface area contributed by atoms with Crippen LogP contribution in [0.2, 0.25) is 5.02 Å². The van der Waals surface area contributed by atoms with Crippen molar-refractivity contribution in [3.8, 4) is 5.69 Å². The first kappa shape index (κ1) is 21.5. The first-order chi connectivity index (χ1) is 14.8. The fraction of sp³-hybridized carbons (Fsp3) is 0.136. The zero-order chi connectivity index (χ0) is 22.1. The van der Waals surface area contributed by atoms with Crippen LogP contribution in [-0.2, 0) is 4.79 Å². The number of hydrogen-bond donors (Lipinski definition) is 1. The Hall–Kier alpha value is -2.68. The number of benzene rings is 2. The molecule has 2 aromatic carbocycles. The summed E-state index contributed by atoms with van der Waals surface area (Å²) in [6.07, 6.45) is 0. The Kier molecular flexibility index (Phi) is 6.13. The second-order valence-corrected chi connectivity index (χ2v) is 9.25. The average molecular weight is 474 g/mol. The molecule has 0 radical (unpaired) electrons. The third-order valence-corrected chi connectivity index (χ3v) is 6.57. The molecule has 1 N–H and O–H groups in total. The van der Waals surface area contributed by atoms with Crippen LogP contribution >= 0.6 is 34.7 Å². The molecule has 0 unspecified atom stereocenters. The fourth-order valence-electron chi connectivity index (χ4n) is 3.20. The molecule has 0 saturated heterocycles. The van der Waals surface area contributed by atoms with Gasteiger partial charge >= 0.3 is 0 Å². The molecule has 158 valence electrons. The number of carbonyl (C=O) groups excluding carboxylic acids is 1. The van der Waals surface area contributed by atoms with Crippen molar-refractivity contribution in [1.29, 1.82) is 0 Å². The Morgan fingerprint density at radius 3 is 2.65 bits per heavy atom.